The van der Waals surface area contributed by atoms with Gasteiger partial charge in [0.25, 0.3) is 5.91 Å². The second kappa shape index (κ2) is 7.92. The molecule has 6 nitrogen and oxygen atoms in total. The Hall–Kier alpha value is -3.41. The van der Waals surface area contributed by atoms with Crippen molar-refractivity contribution in [2.45, 2.75) is 6.54 Å². The van der Waals surface area contributed by atoms with E-state index in [0.717, 1.165) is 17.0 Å². The van der Waals surface area contributed by atoms with Crippen molar-refractivity contribution in [2.24, 2.45) is 0 Å². The molecule has 0 saturated heterocycles. The number of nitrogens with zero attached hydrogens (tertiary/aromatic N) is 2. The van der Waals surface area contributed by atoms with Gasteiger partial charge in [0.1, 0.15) is 5.75 Å². The molecule has 1 amide bonds. The molecule has 2 aromatic carbocycles. The average molecular weight is 334 g/mol. The van der Waals surface area contributed by atoms with Gasteiger partial charge >= 0.3 is 0 Å². The van der Waals surface area contributed by atoms with Gasteiger partial charge < -0.3 is 15.4 Å². The number of nitrogens with one attached hydrogen (secondary N) is 2. The van der Waals surface area contributed by atoms with E-state index >= 15 is 0 Å². The average Bonchev–Trinajstić information content (AvgIpc) is 2.68. The van der Waals surface area contributed by atoms with Gasteiger partial charge in [0.15, 0.2) is 0 Å². The van der Waals surface area contributed by atoms with Crippen LogP contribution in [0, 0.1) is 0 Å². The van der Waals surface area contributed by atoms with Crippen LogP contribution < -0.4 is 15.4 Å². The minimum atomic E-state index is -0.220. The third-order valence-electron chi connectivity index (χ3n) is 3.56. The van der Waals surface area contributed by atoms with E-state index in [4.69, 9.17) is 4.74 Å². The number of ether oxygens (including phenoxy) is 1. The van der Waals surface area contributed by atoms with Gasteiger partial charge in [-0.05, 0) is 29.8 Å². The second-order valence-corrected chi connectivity index (χ2v) is 5.32. The zero-order valence-corrected chi connectivity index (χ0v) is 13.8. The van der Waals surface area contributed by atoms with Crippen LogP contribution in [0.15, 0.2) is 67.0 Å². The summed E-state index contributed by atoms with van der Waals surface area (Å²) >= 11 is 0. The Labute approximate surface area is 145 Å². The number of carbonyl (C=O) groups excluding carboxylic acids is 1. The first-order chi connectivity index (χ1) is 12.2. The summed E-state index contributed by atoms with van der Waals surface area (Å²) in [5.41, 5.74) is 2.28. The topological polar surface area (TPSA) is 76.1 Å². The molecule has 0 aliphatic rings. The number of para-hydroxylation sites is 1. The zero-order valence-electron chi connectivity index (χ0n) is 13.8. The van der Waals surface area contributed by atoms with E-state index < -0.39 is 0 Å². The lowest BCUT2D eigenvalue weighted by molar-refractivity contribution is 0.0950. The number of methoxy groups -OCH3 is 1. The Bertz CT molecular complexity index is 818. The van der Waals surface area contributed by atoms with Gasteiger partial charge in [-0.3, -0.25) is 4.79 Å². The fraction of sp³-hybridized carbons (Fsp3) is 0.105. The van der Waals surface area contributed by atoms with Crippen LogP contribution in [0.3, 0.4) is 0 Å². The van der Waals surface area contributed by atoms with E-state index in [0.29, 0.717) is 18.1 Å². The highest BCUT2D eigenvalue weighted by atomic mass is 16.5. The molecule has 3 rings (SSSR count). The fourth-order valence-electron chi connectivity index (χ4n) is 2.19. The van der Waals surface area contributed by atoms with Crippen molar-refractivity contribution in [3.05, 3.63) is 78.1 Å². The summed E-state index contributed by atoms with van der Waals surface area (Å²) in [5, 5.41) is 5.91. The molecule has 1 heterocycles. The summed E-state index contributed by atoms with van der Waals surface area (Å²) in [7, 11) is 1.62. The largest absolute Gasteiger partial charge is 0.497 e. The summed E-state index contributed by atoms with van der Waals surface area (Å²) in [4.78, 5) is 20.5. The Morgan fingerprint density at radius 3 is 2.32 bits per heavy atom. The van der Waals surface area contributed by atoms with E-state index in [1.54, 1.807) is 7.11 Å². The number of amides is 1. The predicted octanol–water partition coefficient (Wildman–Crippen LogP) is 3.16. The fourth-order valence-corrected chi connectivity index (χ4v) is 2.19. The van der Waals surface area contributed by atoms with Crippen LogP contribution in [0.5, 0.6) is 5.75 Å². The molecule has 0 saturated carbocycles. The van der Waals surface area contributed by atoms with Gasteiger partial charge in [0.05, 0.1) is 12.7 Å². The lowest BCUT2D eigenvalue weighted by Gasteiger charge is -2.07. The van der Waals surface area contributed by atoms with Crippen LogP contribution in [-0.4, -0.2) is 23.0 Å². The maximum atomic E-state index is 12.2. The van der Waals surface area contributed by atoms with Gasteiger partial charge in [-0.1, -0.05) is 30.3 Å². The molecule has 126 valence electrons. The van der Waals surface area contributed by atoms with Crippen molar-refractivity contribution < 1.29 is 9.53 Å². The minimum Gasteiger partial charge on any atom is -0.497 e. The SMILES string of the molecule is COc1ccc(CNC(=O)c2cnc(Nc3ccccc3)nc2)cc1. The Morgan fingerprint density at radius 2 is 1.68 bits per heavy atom. The number of hydrogen-bond acceptors (Lipinski definition) is 5. The first-order valence-corrected chi connectivity index (χ1v) is 7.80. The zero-order chi connectivity index (χ0) is 17.5. The monoisotopic (exact) mass is 334 g/mol. The molecule has 0 aliphatic heterocycles. The molecule has 0 unspecified atom stereocenters. The molecule has 2 N–H and O–H groups in total. The van der Waals surface area contributed by atoms with Crippen LogP contribution in [0.4, 0.5) is 11.6 Å². The van der Waals surface area contributed by atoms with E-state index in [1.165, 1.54) is 12.4 Å². The molecule has 0 radical (unpaired) electrons. The quantitative estimate of drug-likeness (QED) is 0.724. The highest BCUT2D eigenvalue weighted by molar-refractivity contribution is 5.93. The molecular formula is C19H18N4O2. The number of rotatable bonds is 6. The van der Waals surface area contributed by atoms with E-state index in [-0.39, 0.29) is 5.91 Å². The van der Waals surface area contributed by atoms with Crippen molar-refractivity contribution in [1.82, 2.24) is 15.3 Å². The number of carbonyl (C=O) groups is 1. The van der Waals surface area contributed by atoms with Crippen molar-refractivity contribution in [3.63, 3.8) is 0 Å². The number of hydrogen-bond donors (Lipinski definition) is 2. The lowest BCUT2D eigenvalue weighted by atomic mass is 10.2. The van der Waals surface area contributed by atoms with Gasteiger partial charge in [-0.2, -0.15) is 0 Å². The van der Waals surface area contributed by atoms with Crippen LogP contribution in [0.25, 0.3) is 0 Å². The van der Waals surface area contributed by atoms with Crippen LogP contribution in [0.1, 0.15) is 15.9 Å². The van der Waals surface area contributed by atoms with Crippen LogP contribution in [0.2, 0.25) is 0 Å². The third-order valence-corrected chi connectivity index (χ3v) is 3.56. The molecule has 25 heavy (non-hydrogen) atoms. The molecule has 0 bridgehead atoms. The van der Waals surface area contributed by atoms with Crippen molar-refractivity contribution in [1.29, 1.82) is 0 Å². The summed E-state index contributed by atoms with van der Waals surface area (Å²) in [6.45, 7) is 0.423. The predicted molar refractivity (Wildman–Crippen MR) is 95.9 cm³/mol. The van der Waals surface area contributed by atoms with Gasteiger partial charge in [0, 0.05) is 24.6 Å². The van der Waals surface area contributed by atoms with Crippen LogP contribution >= 0.6 is 0 Å². The Morgan fingerprint density at radius 1 is 1.00 bits per heavy atom. The van der Waals surface area contributed by atoms with Crippen molar-refractivity contribution >= 4 is 17.5 Å². The standard InChI is InChI=1S/C19H18N4O2/c1-25-17-9-7-14(8-10-17)11-20-18(24)15-12-21-19(22-13-15)23-16-5-3-2-4-6-16/h2-10,12-13H,11H2,1H3,(H,20,24)(H,21,22,23). The van der Waals surface area contributed by atoms with E-state index in [1.807, 2.05) is 54.6 Å². The molecule has 6 heteroatoms. The molecule has 3 aromatic rings. The van der Waals surface area contributed by atoms with Gasteiger partial charge in [-0.15, -0.1) is 0 Å². The maximum absolute atomic E-state index is 12.2. The highest BCUT2D eigenvalue weighted by Crippen LogP contribution is 2.12. The minimum absolute atomic E-state index is 0.220. The first-order valence-electron chi connectivity index (χ1n) is 7.80. The summed E-state index contributed by atoms with van der Waals surface area (Å²) in [6, 6.07) is 17.1. The highest BCUT2D eigenvalue weighted by Gasteiger charge is 2.07. The Kier molecular flexibility index (Phi) is 5.21. The van der Waals surface area contributed by atoms with Crippen molar-refractivity contribution in [3.8, 4) is 5.75 Å². The molecule has 0 aliphatic carbocycles. The van der Waals surface area contributed by atoms with E-state index in [9.17, 15) is 4.79 Å². The van der Waals surface area contributed by atoms with Gasteiger partial charge in [0.2, 0.25) is 5.95 Å². The molecule has 0 atom stereocenters. The van der Waals surface area contributed by atoms with E-state index in [2.05, 4.69) is 20.6 Å². The molecule has 0 fully saturated rings. The third kappa shape index (κ3) is 4.54. The number of anilines is 2. The summed E-state index contributed by atoms with van der Waals surface area (Å²) < 4.78 is 5.11. The number of aromatic nitrogens is 2. The van der Waals surface area contributed by atoms with Crippen LogP contribution in [-0.2, 0) is 6.54 Å². The molecule has 0 spiro atoms. The number of benzene rings is 2. The molecular weight excluding hydrogens is 316 g/mol. The van der Waals surface area contributed by atoms with Crippen molar-refractivity contribution in [2.75, 3.05) is 12.4 Å². The first kappa shape index (κ1) is 16.4. The summed E-state index contributed by atoms with van der Waals surface area (Å²) in [5.74, 6) is 1.00. The normalized spacial score (nSPS) is 10.1. The maximum Gasteiger partial charge on any atom is 0.254 e. The lowest BCUT2D eigenvalue weighted by Crippen LogP contribution is -2.23. The summed E-state index contributed by atoms with van der Waals surface area (Å²) in [6.07, 6.45) is 3.00. The second-order valence-electron chi connectivity index (χ2n) is 5.32. The Balaban J connectivity index is 1.56. The smallest absolute Gasteiger partial charge is 0.254 e. The van der Waals surface area contributed by atoms with Gasteiger partial charge in [-0.25, -0.2) is 9.97 Å². The molecule has 1 aromatic heterocycles.